The van der Waals surface area contributed by atoms with Gasteiger partial charge < -0.3 is 19.9 Å². The van der Waals surface area contributed by atoms with E-state index in [-0.39, 0.29) is 12.2 Å². The van der Waals surface area contributed by atoms with Crippen LogP contribution < -0.4 is 14.8 Å². The van der Waals surface area contributed by atoms with Gasteiger partial charge >= 0.3 is 5.97 Å². The van der Waals surface area contributed by atoms with Gasteiger partial charge in [-0.2, -0.15) is 0 Å². The van der Waals surface area contributed by atoms with E-state index in [1.54, 1.807) is 30.3 Å². The van der Waals surface area contributed by atoms with Crippen LogP contribution in [0.4, 0.5) is 10.1 Å². The summed E-state index contributed by atoms with van der Waals surface area (Å²) < 4.78 is 25.7. The summed E-state index contributed by atoms with van der Waals surface area (Å²) in [6.45, 7) is 2.99. The van der Waals surface area contributed by atoms with Crippen LogP contribution in [0.15, 0.2) is 59.1 Å². The number of ether oxygens (including phenoxy) is 2. The molecule has 0 fully saturated rings. The Labute approximate surface area is 192 Å². The third kappa shape index (κ3) is 6.12. The predicted octanol–water partition coefficient (Wildman–Crippen LogP) is 6.53. The maximum Gasteiger partial charge on any atom is 0.335 e. The Morgan fingerprint density at radius 3 is 2.42 bits per heavy atom. The van der Waals surface area contributed by atoms with E-state index in [1.807, 2.05) is 19.1 Å². The smallest absolute Gasteiger partial charge is 0.335 e. The first kappa shape index (κ1) is 22.9. The molecule has 0 radical (unpaired) electrons. The SMILES string of the molecule is CCOc1cc(CNc2ccc(C(=O)O)cc2)c(Br)cc1OCc1ccc(F)cc1Cl. The highest BCUT2D eigenvalue weighted by Crippen LogP contribution is 2.35. The van der Waals surface area contributed by atoms with E-state index >= 15 is 0 Å². The first-order valence-electron chi connectivity index (χ1n) is 9.46. The fourth-order valence-corrected chi connectivity index (χ4v) is 3.50. The van der Waals surface area contributed by atoms with Gasteiger partial charge in [-0.15, -0.1) is 0 Å². The summed E-state index contributed by atoms with van der Waals surface area (Å²) in [7, 11) is 0. The van der Waals surface area contributed by atoms with Crippen LogP contribution in [0.25, 0.3) is 0 Å². The molecule has 0 spiro atoms. The Morgan fingerprint density at radius 1 is 1.06 bits per heavy atom. The van der Waals surface area contributed by atoms with Gasteiger partial charge in [0.2, 0.25) is 0 Å². The van der Waals surface area contributed by atoms with E-state index in [2.05, 4.69) is 21.2 Å². The molecule has 0 saturated heterocycles. The molecule has 0 aromatic heterocycles. The second-order valence-electron chi connectivity index (χ2n) is 6.58. The zero-order valence-corrected chi connectivity index (χ0v) is 19.0. The lowest BCUT2D eigenvalue weighted by molar-refractivity contribution is 0.0697. The molecule has 0 aliphatic carbocycles. The Bertz CT molecular complexity index is 1080. The van der Waals surface area contributed by atoms with Crippen LogP contribution in [0.3, 0.4) is 0 Å². The van der Waals surface area contributed by atoms with Crippen molar-refractivity contribution in [1.82, 2.24) is 0 Å². The van der Waals surface area contributed by atoms with Gasteiger partial charge in [-0.1, -0.05) is 33.6 Å². The van der Waals surface area contributed by atoms with Crippen molar-refractivity contribution in [2.45, 2.75) is 20.1 Å². The van der Waals surface area contributed by atoms with Gasteiger partial charge in [-0.3, -0.25) is 0 Å². The van der Waals surface area contributed by atoms with Crippen LogP contribution >= 0.6 is 27.5 Å². The number of carboxylic acids is 1. The summed E-state index contributed by atoms with van der Waals surface area (Å²) in [4.78, 5) is 11.0. The number of nitrogens with one attached hydrogen (secondary N) is 1. The Hall–Kier alpha value is -2.77. The van der Waals surface area contributed by atoms with E-state index in [4.69, 9.17) is 26.2 Å². The predicted molar refractivity (Wildman–Crippen MR) is 122 cm³/mol. The average molecular weight is 509 g/mol. The zero-order valence-electron chi connectivity index (χ0n) is 16.6. The van der Waals surface area contributed by atoms with Crippen molar-refractivity contribution in [1.29, 1.82) is 0 Å². The van der Waals surface area contributed by atoms with E-state index in [0.29, 0.717) is 35.2 Å². The molecule has 0 atom stereocenters. The highest BCUT2D eigenvalue weighted by Gasteiger charge is 2.13. The zero-order chi connectivity index (χ0) is 22.4. The molecule has 0 unspecified atom stereocenters. The summed E-state index contributed by atoms with van der Waals surface area (Å²) in [5.74, 6) is -0.264. The van der Waals surface area contributed by atoms with Crippen LogP contribution in [0, 0.1) is 5.82 Å². The normalized spacial score (nSPS) is 10.6. The Balaban J connectivity index is 1.73. The lowest BCUT2D eigenvalue weighted by atomic mass is 10.1. The topological polar surface area (TPSA) is 67.8 Å². The number of rotatable bonds is 9. The second kappa shape index (κ2) is 10.5. The summed E-state index contributed by atoms with van der Waals surface area (Å²) in [5.41, 5.74) is 2.62. The Kier molecular flexibility index (Phi) is 7.76. The van der Waals surface area contributed by atoms with Crippen molar-refractivity contribution < 1.29 is 23.8 Å². The van der Waals surface area contributed by atoms with Crippen LogP contribution in [-0.4, -0.2) is 17.7 Å². The highest BCUT2D eigenvalue weighted by molar-refractivity contribution is 9.10. The third-order valence-electron chi connectivity index (χ3n) is 4.43. The highest BCUT2D eigenvalue weighted by atomic mass is 79.9. The van der Waals surface area contributed by atoms with Crippen molar-refractivity contribution in [3.63, 3.8) is 0 Å². The number of carboxylic acid groups (broad SMARTS) is 1. The van der Waals surface area contributed by atoms with Crippen molar-refractivity contribution in [3.8, 4) is 11.5 Å². The molecule has 0 amide bonds. The van der Waals surface area contributed by atoms with Crippen molar-refractivity contribution in [3.05, 3.63) is 86.6 Å². The van der Waals surface area contributed by atoms with Gasteiger partial charge in [-0.05, 0) is 61.0 Å². The van der Waals surface area contributed by atoms with E-state index < -0.39 is 11.8 Å². The molecule has 3 aromatic rings. The monoisotopic (exact) mass is 507 g/mol. The minimum absolute atomic E-state index is 0.166. The standard InChI is InChI=1S/C23H20BrClFNO4/c1-2-30-21-9-16(12-27-18-7-4-14(5-8-18)23(28)29)19(24)11-22(21)31-13-15-3-6-17(26)10-20(15)25/h3-11,27H,2,12-13H2,1H3,(H,28,29). The molecule has 0 heterocycles. The fourth-order valence-electron chi connectivity index (χ4n) is 2.82. The summed E-state index contributed by atoms with van der Waals surface area (Å²) >= 11 is 9.64. The molecular weight excluding hydrogens is 489 g/mol. The van der Waals surface area contributed by atoms with Gasteiger partial charge in [0, 0.05) is 22.3 Å². The van der Waals surface area contributed by atoms with Crippen molar-refractivity contribution >= 4 is 39.2 Å². The molecule has 5 nitrogen and oxygen atoms in total. The molecule has 31 heavy (non-hydrogen) atoms. The minimum atomic E-state index is -0.965. The molecule has 0 aliphatic heterocycles. The van der Waals surface area contributed by atoms with Gasteiger partial charge in [0.25, 0.3) is 0 Å². The van der Waals surface area contributed by atoms with Gasteiger partial charge in [-0.25, -0.2) is 9.18 Å². The van der Waals surface area contributed by atoms with Crippen molar-refractivity contribution in [2.24, 2.45) is 0 Å². The molecule has 2 N–H and O–H groups in total. The van der Waals surface area contributed by atoms with Gasteiger partial charge in [0.05, 0.1) is 17.2 Å². The number of anilines is 1. The maximum atomic E-state index is 13.2. The maximum absolute atomic E-state index is 13.2. The molecule has 0 bridgehead atoms. The lowest BCUT2D eigenvalue weighted by Crippen LogP contribution is -2.05. The van der Waals surface area contributed by atoms with E-state index in [9.17, 15) is 9.18 Å². The van der Waals surface area contributed by atoms with Crippen molar-refractivity contribution in [2.75, 3.05) is 11.9 Å². The van der Waals surface area contributed by atoms with Crippen LogP contribution in [0.5, 0.6) is 11.5 Å². The summed E-state index contributed by atoms with van der Waals surface area (Å²) in [6.07, 6.45) is 0. The fraction of sp³-hybridized carbons (Fsp3) is 0.174. The minimum Gasteiger partial charge on any atom is -0.490 e. The number of hydrogen-bond donors (Lipinski definition) is 2. The van der Waals surface area contributed by atoms with Crippen LogP contribution in [-0.2, 0) is 13.2 Å². The molecule has 3 aromatic carbocycles. The number of carbonyl (C=O) groups is 1. The van der Waals surface area contributed by atoms with Gasteiger partial charge in [0.1, 0.15) is 12.4 Å². The molecule has 0 saturated carbocycles. The van der Waals surface area contributed by atoms with Crippen LogP contribution in [0.1, 0.15) is 28.4 Å². The average Bonchev–Trinajstić information content (AvgIpc) is 2.74. The quantitative estimate of drug-likeness (QED) is 0.344. The first-order valence-corrected chi connectivity index (χ1v) is 10.6. The number of halogens is 3. The molecule has 0 aliphatic rings. The summed E-state index contributed by atoms with van der Waals surface area (Å²) in [5, 5.41) is 12.5. The lowest BCUT2D eigenvalue weighted by Gasteiger charge is -2.16. The number of hydrogen-bond acceptors (Lipinski definition) is 4. The third-order valence-corrected chi connectivity index (χ3v) is 5.52. The molecule has 162 valence electrons. The second-order valence-corrected chi connectivity index (χ2v) is 7.85. The molecular formula is C23H20BrClFNO4. The number of aromatic carboxylic acids is 1. The molecule has 8 heteroatoms. The Morgan fingerprint density at radius 2 is 1.77 bits per heavy atom. The largest absolute Gasteiger partial charge is 0.490 e. The van der Waals surface area contributed by atoms with Gasteiger partial charge in [0.15, 0.2) is 11.5 Å². The van der Waals surface area contributed by atoms with E-state index in [1.165, 1.54) is 12.1 Å². The van der Waals surface area contributed by atoms with Crippen LogP contribution in [0.2, 0.25) is 5.02 Å². The van der Waals surface area contributed by atoms with E-state index in [0.717, 1.165) is 15.7 Å². The number of benzene rings is 3. The molecule has 3 rings (SSSR count). The summed E-state index contributed by atoms with van der Waals surface area (Å²) in [6, 6.07) is 14.4. The first-order chi connectivity index (χ1) is 14.9.